The topological polar surface area (TPSA) is 32.3 Å². The van der Waals surface area contributed by atoms with E-state index in [0.29, 0.717) is 12.1 Å². The number of benzene rings is 1. The Hall–Kier alpha value is -1.35. The average Bonchev–Trinajstić information content (AvgIpc) is 2.48. The number of likely N-dealkylation sites (tertiary alicyclic amines) is 1. The van der Waals surface area contributed by atoms with Gasteiger partial charge >= 0.3 is 0 Å². The van der Waals surface area contributed by atoms with Gasteiger partial charge in [-0.05, 0) is 50.8 Å². The first-order valence-corrected chi connectivity index (χ1v) is 7.74. The van der Waals surface area contributed by atoms with Crippen molar-refractivity contribution in [1.82, 2.24) is 10.2 Å². The number of piperidine rings is 1. The van der Waals surface area contributed by atoms with Crippen LogP contribution in [-0.2, 0) is 6.42 Å². The van der Waals surface area contributed by atoms with Gasteiger partial charge in [0.2, 0.25) is 0 Å². The van der Waals surface area contributed by atoms with Gasteiger partial charge in [-0.2, -0.15) is 0 Å². The molecule has 1 amide bonds. The van der Waals surface area contributed by atoms with Crippen LogP contribution in [0.5, 0.6) is 0 Å². The highest BCUT2D eigenvalue weighted by Crippen LogP contribution is 2.14. The maximum atomic E-state index is 12.2. The first-order chi connectivity index (χ1) is 9.60. The number of carbonyl (C=O) groups is 1. The van der Waals surface area contributed by atoms with Crippen molar-refractivity contribution in [1.29, 1.82) is 0 Å². The minimum Gasteiger partial charge on any atom is -0.349 e. The van der Waals surface area contributed by atoms with Crippen molar-refractivity contribution >= 4 is 5.91 Å². The molecular weight excluding hydrogens is 248 g/mol. The molecule has 1 aromatic carbocycles. The summed E-state index contributed by atoms with van der Waals surface area (Å²) in [5, 5.41) is 3.17. The molecule has 3 nitrogen and oxygen atoms in total. The van der Waals surface area contributed by atoms with Crippen LogP contribution in [0.4, 0.5) is 0 Å². The molecular formula is C17H26N2O. The third kappa shape index (κ3) is 3.83. The van der Waals surface area contributed by atoms with Gasteiger partial charge in [0.1, 0.15) is 0 Å². The van der Waals surface area contributed by atoms with Gasteiger partial charge in [0.05, 0.1) is 0 Å². The van der Waals surface area contributed by atoms with Crippen molar-refractivity contribution in [2.75, 3.05) is 13.1 Å². The Kier molecular flexibility index (Phi) is 5.18. The van der Waals surface area contributed by atoms with Crippen LogP contribution in [0.15, 0.2) is 24.3 Å². The number of amides is 1. The lowest BCUT2D eigenvalue weighted by molar-refractivity contribution is 0.0900. The molecule has 0 radical (unpaired) electrons. The van der Waals surface area contributed by atoms with Crippen LogP contribution in [0.2, 0.25) is 0 Å². The van der Waals surface area contributed by atoms with Crippen LogP contribution < -0.4 is 5.32 Å². The number of nitrogens with zero attached hydrogens (tertiary/aromatic N) is 1. The van der Waals surface area contributed by atoms with E-state index in [1.165, 1.54) is 5.56 Å². The number of hydrogen-bond acceptors (Lipinski definition) is 2. The highest BCUT2D eigenvalue weighted by atomic mass is 16.1. The fourth-order valence-corrected chi connectivity index (χ4v) is 2.72. The summed E-state index contributed by atoms with van der Waals surface area (Å²) in [4.78, 5) is 14.7. The van der Waals surface area contributed by atoms with Crippen LogP contribution in [0.1, 0.15) is 49.5 Å². The molecule has 0 atom stereocenters. The van der Waals surface area contributed by atoms with Crippen LogP contribution >= 0.6 is 0 Å². The fourth-order valence-electron chi connectivity index (χ4n) is 2.72. The third-order valence-electron chi connectivity index (χ3n) is 4.22. The summed E-state index contributed by atoms with van der Waals surface area (Å²) in [5.41, 5.74) is 2.04. The molecule has 0 saturated carbocycles. The predicted octanol–water partition coefficient (Wildman–Crippen LogP) is 2.85. The standard InChI is InChI=1S/C17H26N2O/c1-4-14-5-7-15(8-6-14)17(20)18-16-9-11-19(12-10-16)13(2)3/h5-8,13,16H,4,9-12H2,1-3H3,(H,18,20). The second-order valence-corrected chi connectivity index (χ2v) is 5.93. The molecule has 1 N–H and O–H groups in total. The number of rotatable bonds is 4. The molecule has 0 aromatic heterocycles. The van der Waals surface area contributed by atoms with Gasteiger partial charge < -0.3 is 10.2 Å². The SMILES string of the molecule is CCc1ccc(C(=O)NC2CCN(C(C)C)CC2)cc1. The maximum absolute atomic E-state index is 12.2. The van der Waals surface area contributed by atoms with Gasteiger partial charge in [0.15, 0.2) is 0 Å². The zero-order valence-corrected chi connectivity index (χ0v) is 12.9. The summed E-state index contributed by atoms with van der Waals surface area (Å²) in [7, 11) is 0. The molecule has 110 valence electrons. The molecule has 2 rings (SSSR count). The number of nitrogens with one attached hydrogen (secondary N) is 1. The van der Waals surface area contributed by atoms with Crippen molar-refractivity contribution in [3.63, 3.8) is 0 Å². The largest absolute Gasteiger partial charge is 0.349 e. The van der Waals surface area contributed by atoms with E-state index in [1.54, 1.807) is 0 Å². The summed E-state index contributed by atoms with van der Waals surface area (Å²) in [5.74, 6) is 0.0654. The Bertz CT molecular complexity index is 431. The second-order valence-electron chi connectivity index (χ2n) is 5.93. The predicted molar refractivity (Wildman–Crippen MR) is 83.0 cm³/mol. The maximum Gasteiger partial charge on any atom is 0.251 e. The first kappa shape index (κ1) is 15.0. The van der Waals surface area contributed by atoms with Gasteiger partial charge in [-0.1, -0.05) is 19.1 Å². The van der Waals surface area contributed by atoms with Crippen LogP contribution in [0.25, 0.3) is 0 Å². The van der Waals surface area contributed by atoms with Crippen molar-refractivity contribution in [2.45, 2.75) is 52.1 Å². The normalized spacial score (nSPS) is 17.4. The third-order valence-corrected chi connectivity index (χ3v) is 4.22. The molecule has 20 heavy (non-hydrogen) atoms. The van der Waals surface area contributed by atoms with Gasteiger partial charge in [0, 0.05) is 30.7 Å². The van der Waals surface area contributed by atoms with Crippen molar-refractivity contribution in [2.24, 2.45) is 0 Å². The quantitative estimate of drug-likeness (QED) is 0.915. The summed E-state index contributed by atoms with van der Waals surface area (Å²) in [6.07, 6.45) is 3.11. The molecule has 1 heterocycles. The Morgan fingerprint density at radius 1 is 1.25 bits per heavy atom. The van der Waals surface area contributed by atoms with Crippen molar-refractivity contribution in [3.8, 4) is 0 Å². The lowest BCUT2D eigenvalue weighted by Gasteiger charge is -2.34. The molecule has 0 spiro atoms. The summed E-state index contributed by atoms with van der Waals surface area (Å²) >= 11 is 0. The summed E-state index contributed by atoms with van der Waals surface area (Å²) < 4.78 is 0. The number of aryl methyl sites for hydroxylation is 1. The zero-order chi connectivity index (χ0) is 14.5. The Morgan fingerprint density at radius 3 is 2.35 bits per heavy atom. The fraction of sp³-hybridized carbons (Fsp3) is 0.588. The minimum absolute atomic E-state index is 0.0654. The average molecular weight is 274 g/mol. The molecule has 1 aliphatic heterocycles. The molecule has 0 aliphatic carbocycles. The molecule has 0 bridgehead atoms. The lowest BCUT2D eigenvalue weighted by atomic mass is 10.0. The van der Waals surface area contributed by atoms with Crippen LogP contribution in [-0.4, -0.2) is 36.0 Å². The van der Waals surface area contributed by atoms with E-state index in [0.717, 1.165) is 37.9 Å². The zero-order valence-electron chi connectivity index (χ0n) is 12.9. The Labute approximate surface area is 122 Å². The molecule has 1 saturated heterocycles. The second kappa shape index (κ2) is 6.89. The van der Waals surface area contributed by atoms with E-state index >= 15 is 0 Å². The van der Waals surface area contributed by atoms with Gasteiger partial charge in [0.25, 0.3) is 5.91 Å². The van der Waals surface area contributed by atoms with Crippen molar-refractivity contribution in [3.05, 3.63) is 35.4 Å². The van der Waals surface area contributed by atoms with E-state index in [1.807, 2.05) is 24.3 Å². The van der Waals surface area contributed by atoms with E-state index < -0.39 is 0 Å². The van der Waals surface area contributed by atoms with Gasteiger partial charge in [-0.3, -0.25) is 4.79 Å². The highest BCUT2D eigenvalue weighted by Gasteiger charge is 2.22. The first-order valence-electron chi connectivity index (χ1n) is 7.74. The number of hydrogen-bond donors (Lipinski definition) is 1. The molecule has 1 fully saturated rings. The Balaban J connectivity index is 1.85. The lowest BCUT2D eigenvalue weighted by Crippen LogP contribution is -2.46. The monoisotopic (exact) mass is 274 g/mol. The number of carbonyl (C=O) groups excluding carboxylic acids is 1. The molecule has 1 aromatic rings. The smallest absolute Gasteiger partial charge is 0.251 e. The molecule has 0 unspecified atom stereocenters. The van der Waals surface area contributed by atoms with Gasteiger partial charge in [-0.25, -0.2) is 0 Å². The van der Waals surface area contributed by atoms with E-state index in [4.69, 9.17) is 0 Å². The van der Waals surface area contributed by atoms with E-state index in [9.17, 15) is 4.79 Å². The molecule has 1 aliphatic rings. The molecule has 3 heteroatoms. The van der Waals surface area contributed by atoms with Gasteiger partial charge in [-0.15, -0.1) is 0 Å². The van der Waals surface area contributed by atoms with Crippen LogP contribution in [0.3, 0.4) is 0 Å². The van der Waals surface area contributed by atoms with Crippen LogP contribution in [0, 0.1) is 0 Å². The summed E-state index contributed by atoms with van der Waals surface area (Å²) in [6.45, 7) is 8.74. The van der Waals surface area contributed by atoms with E-state index in [-0.39, 0.29) is 5.91 Å². The highest BCUT2D eigenvalue weighted by molar-refractivity contribution is 5.94. The minimum atomic E-state index is 0.0654. The van der Waals surface area contributed by atoms with E-state index in [2.05, 4.69) is 31.0 Å². The Morgan fingerprint density at radius 2 is 1.85 bits per heavy atom. The summed E-state index contributed by atoms with van der Waals surface area (Å²) in [6, 6.07) is 8.86. The van der Waals surface area contributed by atoms with Crippen molar-refractivity contribution < 1.29 is 4.79 Å².